The smallest absolute Gasteiger partial charge is 0.241 e. The third kappa shape index (κ3) is 7.49. The van der Waals surface area contributed by atoms with Crippen LogP contribution in [0.4, 0.5) is 0 Å². The lowest BCUT2D eigenvalue weighted by atomic mass is 9.89. The van der Waals surface area contributed by atoms with E-state index in [0.717, 1.165) is 38.4 Å². The quantitative estimate of drug-likeness (QED) is 0.656. The zero-order chi connectivity index (χ0) is 19.9. The summed E-state index contributed by atoms with van der Waals surface area (Å²) >= 11 is 0. The number of carbonyl (C=O) groups excluding carboxylic acids is 1. The molecule has 1 unspecified atom stereocenters. The number of aromatic nitrogens is 2. The molecular weight excluding hydrogens is 433 g/mol. The van der Waals surface area contributed by atoms with Gasteiger partial charge in [0, 0.05) is 31.7 Å². The Morgan fingerprint density at radius 2 is 1.84 bits per heavy atom. The predicted molar refractivity (Wildman–Crippen MR) is 129 cm³/mol. The normalized spacial score (nSPS) is 19.8. The summed E-state index contributed by atoms with van der Waals surface area (Å²) in [5, 5.41) is 11.1. The van der Waals surface area contributed by atoms with Crippen molar-refractivity contribution in [3.8, 4) is 0 Å². The number of benzene rings is 1. The lowest BCUT2D eigenvalue weighted by Crippen LogP contribution is -2.40. The van der Waals surface area contributed by atoms with Gasteiger partial charge in [0.25, 0.3) is 0 Å². The van der Waals surface area contributed by atoms with Crippen molar-refractivity contribution < 1.29 is 4.79 Å². The van der Waals surface area contributed by atoms with Gasteiger partial charge in [0.15, 0.2) is 0 Å². The fourth-order valence-corrected chi connectivity index (χ4v) is 4.56. The monoisotopic (exact) mass is 467 g/mol. The summed E-state index contributed by atoms with van der Waals surface area (Å²) in [6, 6.07) is 12.9. The number of likely N-dealkylation sites (tertiary alicyclic amines) is 1. The number of rotatable bonds is 7. The number of halogens is 2. The summed E-state index contributed by atoms with van der Waals surface area (Å²) in [6.45, 7) is 6.23. The van der Waals surface area contributed by atoms with E-state index in [4.69, 9.17) is 0 Å². The molecule has 31 heavy (non-hydrogen) atoms. The van der Waals surface area contributed by atoms with E-state index in [9.17, 15) is 4.79 Å². The SMILES string of the molecule is Cl.Cl.O=C(Cn1ccc(C2CCCNC2)n1)NCCN1CCC(c2ccccc2)CC1. The molecule has 0 radical (unpaired) electrons. The van der Waals surface area contributed by atoms with E-state index in [1.165, 1.54) is 31.2 Å². The highest BCUT2D eigenvalue weighted by atomic mass is 35.5. The van der Waals surface area contributed by atoms with Crippen LogP contribution in [-0.4, -0.2) is 59.9 Å². The first-order valence-corrected chi connectivity index (χ1v) is 11.1. The van der Waals surface area contributed by atoms with Gasteiger partial charge in [-0.1, -0.05) is 30.3 Å². The highest BCUT2D eigenvalue weighted by Crippen LogP contribution is 2.27. The van der Waals surface area contributed by atoms with Crippen molar-refractivity contribution in [3.63, 3.8) is 0 Å². The maximum absolute atomic E-state index is 12.3. The van der Waals surface area contributed by atoms with Crippen LogP contribution in [0.3, 0.4) is 0 Å². The van der Waals surface area contributed by atoms with Crippen LogP contribution in [0.2, 0.25) is 0 Å². The van der Waals surface area contributed by atoms with Crippen LogP contribution in [-0.2, 0) is 11.3 Å². The Bertz CT molecular complexity index is 771. The second-order valence-corrected chi connectivity index (χ2v) is 8.36. The van der Waals surface area contributed by atoms with E-state index in [-0.39, 0.29) is 30.7 Å². The second kappa shape index (κ2) is 13.1. The molecule has 0 aliphatic carbocycles. The van der Waals surface area contributed by atoms with Crippen molar-refractivity contribution in [2.75, 3.05) is 39.3 Å². The van der Waals surface area contributed by atoms with Crippen LogP contribution in [0.1, 0.15) is 48.8 Å². The molecule has 2 aliphatic rings. The molecule has 2 aliphatic heterocycles. The van der Waals surface area contributed by atoms with Crippen LogP contribution < -0.4 is 10.6 Å². The van der Waals surface area contributed by atoms with E-state index >= 15 is 0 Å². The van der Waals surface area contributed by atoms with Gasteiger partial charge in [-0.3, -0.25) is 9.48 Å². The molecule has 3 heterocycles. The Labute approximate surface area is 198 Å². The zero-order valence-electron chi connectivity index (χ0n) is 18.0. The summed E-state index contributed by atoms with van der Waals surface area (Å²) in [6.07, 6.45) is 6.70. The molecule has 172 valence electrons. The summed E-state index contributed by atoms with van der Waals surface area (Å²) in [7, 11) is 0. The van der Waals surface area contributed by atoms with Crippen molar-refractivity contribution in [3.05, 3.63) is 53.9 Å². The van der Waals surface area contributed by atoms with E-state index in [1.807, 2.05) is 6.20 Å². The number of amides is 1. The van der Waals surface area contributed by atoms with Crippen molar-refractivity contribution in [2.24, 2.45) is 0 Å². The Morgan fingerprint density at radius 3 is 2.55 bits per heavy atom. The van der Waals surface area contributed by atoms with Crippen molar-refractivity contribution in [1.82, 2.24) is 25.3 Å². The Morgan fingerprint density at radius 1 is 1.06 bits per heavy atom. The highest BCUT2D eigenvalue weighted by Gasteiger charge is 2.20. The van der Waals surface area contributed by atoms with Gasteiger partial charge in [-0.05, 0) is 62.9 Å². The molecule has 0 bridgehead atoms. The molecule has 2 fully saturated rings. The standard InChI is InChI=1S/C23H33N5O.2ClH/c29-23(18-28-15-10-22(26-28)21-7-4-11-24-17-21)25-12-16-27-13-8-20(9-14-27)19-5-2-1-3-6-19;;/h1-3,5-6,10,15,20-21,24H,4,7-9,11-14,16-18H2,(H,25,29);2*1H. The zero-order valence-corrected chi connectivity index (χ0v) is 19.7. The van der Waals surface area contributed by atoms with Gasteiger partial charge in [-0.25, -0.2) is 0 Å². The average molecular weight is 468 g/mol. The molecule has 6 nitrogen and oxygen atoms in total. The van der Waals surface area contributed by atoms with Crippen molar-refractivity contribution >= 4 is 30.7 Å². The molecule has 8 heteroatoms. The van der Waals surface area contributed by atoms with Crippen molar-refractivity contribution in [1.29, 1.82) is 0 Å². The molecule has 1 aromatic carbocycles. The molecular formula is C23H35Cl2N5O. The van der Waals surface area contributed by atoms with Gasteiger partial charge in [0.1, 0.15) is 6.54 Å². The van der Waals surface area contributed by atoms with E-state index < -0.39 is 0 Å². The maximum atomic E-state index is 12.3. The first kappa shape index (κ1) is 25.7. The van der Waals surface area contributed by atoms with Gasteiger partial charge in [-0.15, -0.1) is 24.8 Å². The number of piperidine rings is 2. The summed E-state index contributed by atoms with van der Waals surface area (Å²) in [5.41, 5.74) is 2.56. The lowest BCUT2D eigenvalue weighted by molar-refractivity contribution is -0.121. The van der Waals surface area contributed by atoms with E-state index in [0.29, 0.717) is 24.9 Å². The minimum Gasteiger partial charge on any atom is -0.353 e. The Balaban J connectivity index is 0.00000171. The van der Waals surface area contributed by atoms with Crippen LogP contribution in [0, 0.1) is 0 Å². The average Bonchev–Trinajstić information content (AvgIpc) is 3.24. The van der Waals surface area contributed by atoms with Gasteiger partial charge >= 0.3 is 0 Å². The molecule has 4 rings (SSSR count). The summed E-state index contributed by atoms with van der Waals surface area (Å²) in [5.74, 6) is 1.20. The van der Waals surface area contributed by atoms with Crippen LogP contribution in [0.25, 0.3) is 0 Å². The number of carbonyl (C=O) groups is 1. The van der Waals surface area contributed by atoms with Crippen LogP contribution in [0.15, 0.2) is 42.6 Å². The third-order valence-electron chi connectivity index (χ3n) is 6.29. The molecule has 0 saturated carbocycles. The molecule has 1 atom stereocenters. The van der Waals surface area contributed by atoms with Crippen molar-refractivity contribution in [2.45, 2.75) is 44.1 Å². The first-order chi connectivity index (χ1) is 14.3. The Hall–Kier alpha value is -1.60. The number of nitrogens with zero attached hydrogens (tertiary/aromatic N) is 3. The summed E-state index contributed by atoms with van der Waals surface area (Å²) in [4.78, 5) is 14.7. The minimum absolute atomic E-state index is 0. The molecule has 0 spiro atoms. The number of hydrogen-bond donors (Lipinski definition) is 2. The third-order valence-corrected chi connectivity index (χ3v) is 6.29. The fraction of sp³-hybridized carbons (Fsp3) is 0.565. The van der Waals surface area contributed by atoms with E-state index in [2.05, 4.69) is 57.0 Å². The van der Waals surface area contributed by atoms with E-state index in [1.54, 1.807) is 4.68 Å². The Kier molecular flexibility index (Phi) is 10.8. The fourth-order valence-electron chi connectivity index (χ4n) is 4.56. The molecule has 2 N–H and O–H groups in total. The topological polar surface area (TPSA) is 62.2 Å². The predicted octanol–water partition coefficient (Wildman–Crippen LogP) is 3.19. The largest absolute Gasteiger partial charge is 0.353 e. The maximum Gasteiger partial charge on any atom is 0.241 e. The number of hydrogen-bond acceptors (Lipinski definition) is 4. The second-order valence-electron chi connectivity index (χ2n) is 8.36. The number of nitrogens with one attached hydrogen (secondary N) is 2. The van der Waals surface area contributed by atoms with Gasteiger partial charge in [-0.2, -0.15) is 5.10 Å². The lowest BCUT2D eigenvalue weighted by Gasteiger charge is -2.32. The molecule has 1 amide bonds. The summed E-state index contributed by atoms with van der Waals surface area (Å²) < 4.78 is 1.77. The van der Waals surface area contributed by atoms with Gasteiger partial charge in [0.05, 0.1) is 5.69 Å². The minimum atomic E-state index is 0. The van der Waals surface area contributed by atoms with Crippen LogP contribution in [0.5, 0.6) is 0 Å². The highest BCUT2D eigenvalue weighted by molar-refractivity contribution is 5.85. The molecule has 2 aromatic rings. The van der Waals surface area contributed by atoms with Gasteiger partial charge < -0.3 is 15.5 Å². The van der Waals surface area contributed by atoms with Crippen LogP contribution >= 0.6 is 24.8 Å². The molecule has 1 aromatic heterocycles. The first-order valence-electron chi connectivity index (χ1n) is 11.1. The van der Waals surface area contributed by atoms with Gasteiger partial charge in [0.2, 0.25) is 5.91 Å². The molecule has 2 saturated heterocycles.